The molecule has 3 aliphatic rings. The van der Waals surface area contributed by atoms with Crippen LogP contribution < -0.4 is 5.32 Å². The highest BCUT2D eigenvalue weighted by molar-refractivity contribution is 5.94. The fourth-order valence-corrected chi connectivity index (χ4v) is 3.75. The van der Waals surface area contributed by atoms with Gasteiger partial charge < -0.3 is 14.7 Å². The highest BCUT2D eigenvalue weighted by atomic mass is 16.5. The standard InChI is InChI=1S/C14H19N3O2/c18-13(15-14-5-7-17(9-14)8-6-14)12-10-3-1-2-4-11(10)19-16-12/h1-9H2,(H,15,18). The van der Waals surface area contributed by atoms with E-state index in [0.717, 1.165) is 69.5 Å². The fourth-order valence-electron chi connectivity index (χ4n) is 3.75. The van der Waals surface area contributed by atoms with Crippen molar-refractivity contribution in [3.05, 3.63) is 17.0 Å². The van der Waals surface area contributed by atoms with Gasteiger partial charge in [0.15, 0.2) is 5.69 Å². The molecule has 1 aromatic rings. The van der Waals surface area contributed by atoms with Crippen molar-refractivity contribution < 1.29 is 9.32 Å². The second kappa shape index (κ2) is 4.07. The van der Waals surface area contributed by atoms with E-state index in [1.165, 1.54) is 0 Å². The third-order valence-electron chi connectivity index (χ3n) is 4.88. The first kappa shape index (κ1) is 11.5. The number of piperidine rings is 1. The molecule has 2 saturated heterocycles. The summed E-state index contributed by atoms with van der Waals surface area (Å²) in [5, 5.41) is 7.25. The minimum Gasteiger partial charge on any atom is -0.360 e. The summed E-state index contributed by atoms with van der Waals surface area (Å²) >= 11 is 0. The van der Waals surface area contributed by atoms with Gasteiger partial charge in [-0.1, -0.05) is 5.16 Å². The van der Waals surface area contributed by atoms with Gasteiger partial charge in [-0.25, -0.2) is 0 Å². The Bertz CT molecular complexity index is 515. The van der Waals surface area contributed by atoms with E-state index in [0.29, 0.717) is 5.69 Å². The number of aromatic nitrogens is 1. The highest BCUT2D eigenvalue weighted by Gasteiger charge is 2.45. The molecule has 0 saturated carbocycles. The summed E-state index contributed by atoms with van der Waals surface area (Å²) in [6.07, 6.45) is 6.27. The van der Waals surface area contributed by atoms with E-state index in [1.54, 1.807) is 0 Å². The quantitative estimate of drug-likeness (QED) is 0.867. The van der Waals surface area contributed by atoms with Crippen LogP contribution in [0.2, 0.25) is 0 Å². The minimum atomic E-state index is -0.0318. The molecule has 0 unspecified atom stereocenters. The van der Waals surface area contributed by atoms with Crippen LogP contribution in [-0.4, -0.2) is 41.1 Å². The molecule has 102 valence electrons. The van der Waals surface area contributed by atoms with Gasteiger partial charge in [0.1, 0.15) is 5.76 Å². The largest absolute Gasteiger partial charge is 0.360 e. The van der Waals surface area contributed by atoms with Crippen LogP contribution >= 0.6 is 0 Å². The average Bonchev–Trinajstić information content (AvgIpc) is 3.11. The number of hydrogen-bond donors (Lipinski definition) is 1. The van der Waals surface area contributed by atoms with Crippen LogP contribution in [0.3, 0.4) is 0 Å². The normalized spacial score (nSPS) is 32.3. The monoisotopic (exact) mass is 261 g/mol. The van der Waals surface area contributed by atoms with Gasteiger partial charge in [0.25, 0.3) is 5.91 Å². The molecule has 1 amide bonds. The van der Waals surface area contributed by atoms with Crippen molar-refractivity contribution in [1.29, 1.82) is 0 Å². The number of nitrogens with one attached hydrogen (secondary N) is 1. The maximum atomic E-state index is 12.5. The van der Waals surface area contributed by atoms with Crippen LogP contribution in [0.4, 0.5) is 0 Å². The van der Waals surface area contributed by atoms with Crippen LogP contribution in [0.15, 0.2) is 4.52 Å². The number of nitrogens with zero attached hydrogens (tertiary/aromatic N) is 2. The molecular formula is C14H19N3O2. The number of fused-ring (bicyclic) bond motifs is 3. The van der Waals surface area contributed by atoms with Gasteiger partial charge in [-0.05, 0) is 32.1 Å². The van der Waals surface area contributed by atoms with Crippen molar-refractivity contribution in [2.45, 2.75) is 44.1 Å². The lowest BCUT2D eigenvalue weighted by atomic mass is 9.93. The molecule has 3 heterocycles. The molecule has 19 heavy (non-hydrogen) atoms. The number of aryl methyl sites for hydroxylation is 1. The van der Waals surface area contributed by atoms with Crippen LogP contribution in [-0.2, 0) is 12.8 Å². The van der Waals surface area contributed by atoms with E-state index < -0.39 is 0 Å². The first-order valence-electron chi connectivity index (χ1n) is 7.28. The van der Waals surface area contributed by atoms with Gasteiger partial charge in [-0.2, -0.15) is 0 Å². The van der Waals surface area contributed by atoms with Crippen molar-refractivity contribution in [2.24, 2.45) is 0 Å². The summed E-state index contributed by atoms with van der Waals surface area (Å²) in [5.74, 6) is 0.893. The van der Waals surface area contributed by atoms with Crippen LogP contribution in [0.5, 0.6) is 0 Å². The van der Waals surface area contributed by atoms with Gasteiger partial charge in [0.05, 0.1) is 5.54 Å². The van der Waals surface area contributed by atoms with E-state index >= 15 is 0 Å². The molecule has 2 fully saturated rings. The Morgan fingerprint density at radius 3 is 2.79 bits per heavy atom. The maximum absolute atomic E-state index is 12.5. The molecule has 2 bridgehead atoms. The number of amides is 1. The lowest BCUT2D eigenvalue weighted by Gasteiger charge is -2.26. The average molecular weight is 261 g/mol. The first-order valence-corrected chi connectivity index (χ1v) is 7.28. The molecule has 2 aliphatic heterocycles. The molecule has 0 spiro atoms. The smallest absolute Gasteiger partial charge is 0.274 e. The predicted octanol–water partition coefficient (Wildman–Crippen LogP) is 1.13. The van der Waals surface area contributed by atoms with Crippen molar-refractivity contribution >= 4 is 5.91 Å². The Morgan fingerprint density at radius 1 is 1.26 bits per heavy atom. The van der Waals surface area contributed by atoms with Crippen LogP contribution in [0.25, 0.3) is 0 Å². The van der Waals surface area contributed by atoms with Crippen molar-refractivity contribution in [2.75, 3.05) is 19.6 Å². The van der Waals surface area contributed by atoms with Gasteiger partial charge in [-0.3, -0.25) is 4.79 Å². The molecule has 1 aromatic heterocycles. The van der Waals surface area contributed by atoms with Gasteiger partial charge >= 0.3 is 0 Å². The maximum Gasteiger partial charge on any atom is 0.274 e. The van der Waals surface area contributed by atoms with Crippen LogP contribution in [0.1, 0.15) is 47.5 Å². The summed E-state index contributed by atoms with van der Waals surface area (Å²) in [7, 11) is 0. The lowest BCUT2D eigenvalue weighted by Crippen LogP contribution is -2.48. The molecule has 5 heteroatoms. The second-order valence-corrected chi connectivity index (χ2v) is 6.15. The van der Waals surface area contributed by atoms with E-state index in [1.807, 2.05) is 0 Å². The summed E-state index contributed by atoms with van der Waals surface area (Å²) in [6.45, 7) is 3.22. The Balaban J connectivity index is 1.56. The van der Waals surface area contributed by atoms with Gasteiger partial charge in [-0.15, -0.1) is 0 Å². The van der Waals surface area contributed by atoms with E-state index in [-0.39, 0.29) is 11.4 Å². The molecule has 0 aromatic carbocycles. The molecule has 4 rings (SSSR count). The summed E-state index contributed by atoms with van der Waals surface area (Å²) in [4.78, 5) is 14.9. The summed E-state index contributed by atoms with van der Waals surface area (Å²) < 4.78 is 5.33. The van der Waals surface area contributed by atoms with E-state index in [4.69, 9.17) is 4.52 Å². The fraction of sp³-hybridized carbons (Fsp3) is 0.714. The molecule has 0 radical (unpaired) electrons. The van der Waals surface area contributed by atoms with Gasteiger partial charge in [0.2, 0.25) is 0 Å². The number of hydrogen-bond acceptors (Lipinski definition) is 4. The molecule has 1 aliphatic carbocycles. The van der Waals surface area contributed by atoms with Crippen molar-refractivity contribution in [1.82, 2.24) is 15.4 Å². The summed E-state index contributed by atoms with van der Waals surface area (Å²) in [5.41, 5.74) is 1.58. The second-order valence-electron chi connectivity index (χ2n) is 6.15. The van der Waals surface area contributed by atoms with E-state index in [9.17, 15) is 4.79 Å². The Kier molecular flexibility index (Phi) is 2.45. The first-order chi connectivity index (χ1) is 9.26. The number of rotatable bonds is 2. The molecule has 5 nitrogen and oxygen atoms in total. The molecular weight excluding hydrogens is 242 g/mol. The Labute approximate surface area is 112 Å². The van der Waals surface area contributed by atoms with Crippen molar-refractivity contribution in [3.63, 3.8) is 0 Å². The van der Waals surface area contributed by atoms with Crippen molar-refractivity contribution in [3.8, 4) is 0 Å². The topological polar surface area (TPSA) is 58.4 Å². The SMILES string of the molecule is O=C(NC12CCN(CC1)C2)c1noc2c1CCCC2. The molecule has 1 N–H and O–H groups in total. The lowest BCUT2D eigenvalue weighted by molar-refractivity contribution is 0.0898. The highest BCUT2D eigenvalue weighted by Crippen LogP contribution is 2.33. The minimum absolute atomic E-state index is 0.00240. The zero-order chi connectivity index (χ0) is 12.9. The predicted molar refractivity (Wildman–Crippen MR) is 69.0 cm³/mol. The Morgan fingerprint density at radius 2 is 2.05 bits per heavy atom. The molecule has 0 atom stereocenters. The van der Waals surface area contributed by atoms with Gasteiger partial charge in [0, 0.05) is 31.6 Å². The van der Waals surface area contributed by atoms with E-state index in [2.05, 4.69) is 15.4 Å². The van der Waals surface area contributed by atoms with Crippen LogP contribution in [0, 0.1) is 0 Å². The number of carbonyl (C=O) groups excluding carboxylic acids is 1. The zero-order valence-corrected chi connectivity index (χ0v) is 11.1. The number of carbonyl (C=O) groups is 1. The Hall–Kier alpha value is -1.36. The third-order valence-corrected chi connectivity index (χ3v) is 4.88. The zero-order valence-electron chi connectivity index (χ0n) is 11.1. The summed E-state index contributed by atoms with van der Waals surface area (Å²) in [6, 6.07) is 0. The third kappa shape index (κ3) is 1.79.